The molecule has 0 aromatic carbocycles. The number of hydrogen-bond acceptors (Lipinski definition) is 2. The van der Waals surface area contributed by atoms with Gasteiger partial charge >= 0.3 is 0 Å². The summed E-state index contributed by atoms with van der Waals surface area (Å²) in [7, 11) is 0. The molecule has 0 aliphatic carbocycles. The molecule has 0 unspecified atom stereocenters. The highest BCUT2D eigenvalue weighted by atomic mass is 35.5. The van der Waals surface area contributed by atoms with Crippen LogP contribution < -0.4 is 5.32 Å². The number of aromatic nitrogens is 2. The van der Waals surface area contributed by atoms with Gasteiger partial charge in [-0.2, -0.15) is 5.10 Å². The predicted molar refractivity (Wildman–Crippen MR) is 78.9 cm³/mol. The predicted octanol–water partition coefficient (Wildman–Crippen LogP) is 3.74. The van der Waals surface area contributed by atoms with Gasteiger partial charge in [0.2, 0.25) is 0 Å². The molecule has 0 radical (unpaired) electrons. The zero-order valence-electron chi connectivity index (χ0n) is 12.0. The van der Waals surface area contributed by atoms with Gasteiger partial charge in [0.1, 0.15) is 0 Å². The summed E-state index contributed by atoms with van der Waals surface area (Å²) in [6.07, 6.45) is 4.92. The Kier molecular flexibility index (Phi) is 5.42. The summed E-state index contributed by atoms with van der Waals surface area (Å²) in [6, 6.07) is 0. The molecule has 1 N–H and O–H groups in total. The quantitative estimate of drug-likeness (QED) is 0.826. The van der Waals surface area contributed by atoms with Crippen LogP contribution in [0.25, 0.3) is 5.57 Å². The van der Waals surface area contributed by atoms with E-state index >= 15 is 0 Å². The van der Waals surface area contributed by atoms with Crippen LogP contribution in [0.4, 0.5) is 0 Å². The highest BCUT2D eigenvalue weighted by molar-refractivity contribution is 6.32. The lowest BCUT2D eigenvalue weighted by atomic mass is 10.1. The molecule has 0 amide bonds. The van der Waals surface area contributed by atoms with Crippen molar-refractivity contribution in [3.05, 3.63) is 23.0 Å². The van der Waals surface area contributed by atoms with Gasteiger partial charge < -0.3 is 5.32 Å². The van der Waals surface area contributed by atoms with Crippen molar-refractivity contribution in [3.8, 4) is 0 Å². The second kappa shape index (κ2) is 6.39. The monoisotopic (exact) mass is 269 g/mol. The average molecular weight is 270 g/mol. The lowest BCUT2D eigenvalue weighted by Crippen LogP contribution is -2.36. The smallest absolute Gasteiger partial charge is 0.0862 e. The minimum atomic E-state index is 0.171. The molecule has 0 aliphatic heterocycles. The Morgan fingerprint density at radius 2 is 2.17 bits per heavy atom. The van der Waals surface area contributed by atoms with Crippen LogP contribution in [0.15, 0.2) is 12.3 Å². The van der Waals surface area contributed by atoms with Crippen LogP contribution in [-0.4, -0.2) is 21.9 Å². The third-order valence-corrected chi connectivity index (χ3v) is 2.99. The molecular weight excluding hydrogens is 246 g/mol. The number of nitrogens with one attached hydrogen (secondary N) is 1. The third kappa shape index (κ3) is 4.46. The number of rotatable bonds is 5. The molecule has 0 bridgehead atoms. The third-order valence-electron chi connectivity index (χ3n) is 2.72. The second-order valence-corrected chi connectivity index (χ2v) is 5.92. The maximum Gasteiger partial charge on any atom is 0.0862 e. The van der Waals surface area contributed by atoms with Gasteiger partial charge in [0.25, 0.3) is 0 Å². The van der Waals surface area contributed by atoms with Crippen LogP contribution in [0.1, 0.15) is 46.7 Å². The van der Waals surface area contributed by atoms with Gasteiger partial charge in [0.15, 0.2) is 0 Å². The molecule has 1 aromatic rings. The number of hydrogen-bond donors (Lipinski definition) is 1. The minimum absolute atomic E-state index is 0.171. The molecule has 0 spiro atoms. The molecule has 0 saturated carbocycles. The minimum Gasteiger partial charge on any atom is -0.312 e. The summed E-state index contributed by atoms with van der Waals surface area (Å²) in [5, 5.41) is 8.45. The largest absolute Gasteiger partial charge is 0.312 e. The van der Waals surface area contributed by atoms with Crippen LogP contribution >= 0.6 is 11.6 Å². The van der Waals surface area contributed by atoms with Gasteiger partial charge in [-0.25, -0.2) is 0 Å². The van der Waals surface area contributed by atoms with Crippen molar-refractivity contribution in [2.75, 3.05) is 6.54 Å². The van der Waals surface area contributed by atoms with Crippen LogP contribution in [-0.2, 0) is 6.54 Å². The van der Waals surface area contributed by atoms with Gasteiger partial charge in [0.05, 0.1) is 16.9 Å². The fraction of sp³-hybridized carbons (Fsp3) is 0.643. The van der Waals surface area contributed by atoms with E-state index in [1.165, 1.54) is 5.57 Å². The molecule has 18 heavy (non-hydrogen) atoms. The van der Waals surface area contributed by atoms with Gasteiger partial charge in [-0.3, -0.25) is 4.68 Å². The van der Waals surface area contributed by atoms with Crippen molar-refractivity contribution in [2.24, 2.45) is 0 Å². The van der Waals surface area contributed by atoms with Crippen molar-refractivity contribution in [3.63, 3.8) is 0 Å². The van der Waals surface area contributed by atoms with E-state index in [9.17, 15) is 0 Å². The van der Waals surface area contributed by atoms with Gasteiger partial charge in [-0.15, -0.1) is 0 Å². The van der Waals surface area contributed by atoms with E-state index < -0.39 is 0 Å². The number of aryl methyl sites for hydroxylation is 1. The van der Waals surface area contributed by atoms with E-state index in [0.29, 0.717) is 0 Å². The number of nitrogens with zero attached hydrogens (tertiary/aromatic N) is 2. The fourth-order valence-electron chi connectivity index (χ4n) is 1.83. The summed E-state index contributed by atoms with van der Waals surface area (Å²) < 4.78 is 1.94. The Bertz CT molecular complexity index is 413. The first-order chi connectivity index (χ1) is 8.35. The first-order valence-electron chi connectivity index (χ1n) is 6.48. The highest BCUT2D eigenvalue weighted by Gasteiger charge is 2.10. The van der Waals surface area contributed by atoms with E-state index in [0.717, 1.165) is 30.2 Å². The van der Waals surface area contributed by atoms with Crippen molar-refractivity contribution < 1.29 is 0 Å². The molecule has 0 saturated heterocycles. The Morgan fingerprint density at radius 1 is 1.50 bits per heavy atom. The number of halogens is 1. The standard InChI is InChI=1S/C14H24ClN3/c1-6-18-13(12(15)10-17-18)11(2)8-7-9-16-14(3,4)5/h8,10,16H,6-7,9H2,1-5H3. The van der Waals surface area contributed by atoms with Gasteiger partial charge in [-0.1, -0.05) is 17.7 Å². The van der Waals surface area contributed by atoms with E-state index in [1.54, 1.807) is 6.20 Å². The Labute approximate surface area is 115 Å². The first kappa shape index (κ1) is 15.3. The highest BCUT2D eigenvalue weighted by Crippen LogP contribution is 2.23. The Hall–Kier alpha value is -0.800. The molecule has 102 valence electrons. The van der Waals surface area contributed by atoms with E-state index in [2.05, 4.69) is 51.1 Å². The zero-order chi connectivity index (χ0) is 13.8. The molecular formula is C14H24ClN3. The second-order valence-electron chi connectivity index (χ2n) is 5.51. The van der Waals surface area contributed by atoms with E-state index in [-0.39, 0.29) is 5.54 Å². The van der Waals surface area contributed by atoms with Gasteiger partial charge in [0, 0.05) is 12.1 Å². The topological polar surface area (TPSA) is 29.9 Å². The molecule has 4 heteroatoms. The maximum atomic E-state index is 6.16. The van der Waals surface area contributed by atoms with Crippen LogP contribution in [0.5, 0.6) is 0 Å². The van der Waals surface area contributed by atoms with Crippen molar-refractivity contribution in [1.29, 1.82) is 0 Å². The van der Waals surface area contributed by atoms with E-state index in [4.69, 9.17) is 11.6 Å². The van der Waals surface area contributed by atoms with Crippen LogP contribution in [0, 0.1) is 0 Å². The van der Waals surface area contributed by atoms with Crippen molar-refractivity contribution in [1.82, 2.24) is 15.1 Å². The Morgan fingerprint density at radius 3 is 2.72 bits per heavy atom. The van der Waals surface area contributed by atoms with Crippen molar-refractivity contribution >= 4 is 17.2 Å². The first-order valence-corrected chi connectivity index (χ1v) is 6.86. The number of allylic oxidation sites excluding steroid dienone is 1. The van der Waals surface area contributed by atoms with Crippen LogP contribution in [0.3, 0.4) is 0 Å². The summed E-state index contributed by atoms with van der Waals surface area (Å²) in [6.45, 7) is 12.5. The SMILES string of the molecule is CCn1ncc(Cl)c1C(C)=CCCNC(C)(C)C. The molecule has 1 rings (SSSR count). The lowest BCUT2D eigenvalue weighted by Gasteiger charge is -2.19. The Balaban J connectivity index is 2.63. The van der Waals surface area contributed by atoms with Gasteiger partial charge in [-0.05, 0) is 53.2 Å². The fourth-order valence-corrected chi connectivity index (χ4v) is 2.12. The van der Waals surface area contributed by atoms with Crippen LogP contribution in [0.2, 0.25) is 5.02 Å². The summed E-state index contributed by atoms with van der Waals surface area (Å²) >= 11 is 6.16. The molecule has 0 aliphatic rings. The van der Waals surface area contributed by atoms with E-state index in [1.807, 2.05) is 4.68 Å². The zero-order valence-corrected chi connectivity index (χ0v) is 12.8. The van der Waals surface area contributed by atoms with Crippen molar-refractivity contribution in [2.45, 2.75) is 53.1 Å². The molecule has 1 aromatic heterocycles. The molecule has 3 nitrogen and oxygen atoms in total. The normalized spacial score (nSPS) is 13.1. The summed E-state index contributed by atoms with van der Waals surface area (Å²) in [5.41, 5.74) is 2.40. The molecule has 1 heterocycles. The summed E-state index contributed by atoms with van der Waals surface area (Å²) in [5.74, 6) is 0. The maximum absolute atomic E-state index is 6.16. The molecule has 0 atom stereocenters. The summed E-state index contributed by atoms with van der Waals surface area (Å²) in [4.78, 5) is 0. The molecule has 0 fully saturated rings. The lowest BCUT2D eigenvalue weighted by molar-refractivity contribution is 0.431. The average Bonchev–Trinajstić information content (AvgIpc) is 2.64.